The number of phenols is 1. The van der Waals surface area contributed by atoms with Crippen LogP contribution in [0.4, 0.5) is 0 Å². The van der Waals surface area contributed by atoms with Gasteiger partial charge in [0.05, 0.1) is 6.54 Å². The number of terminal acetylenes is 1. The number of rotatable bonds is 1. The zero-order chi connectivity index (χ0) is 15.3. The summed E-state index contributed by atoms with van der Waals surface area (Å²) in [6, 6.07) is 6.16. The number of hydrogen-bond donors (Lipinski definition) is 1. The van der Waals surface area contributed by atoms with Crippen molar-refractivity contribution in [3.05, 3.63) is 29.3 Å². The third-order valence-corrected chi connectivity index (χ3v) is 6.14. The standard InChI is InChI=1S/C19H21NO2/c1-2-8-20-9-7-19-6-5-15(22)12-17(19)18(20)10-13-3-4-14(21)11-16(13)19/h1,3-4,11,17-18,21H,5-10,12H2/t17-,18+,19-/m0/s1. The first kappa shape index (κ1) is 13.8. The van der Waals surface area contributed by atoms with Crippen LogP contribution in [0.25, 0.3) is 0 Å². The Morgan fingerprint density at radius 1 is 1.36 bits per heavy atom. The van der Waals surface area contributed by atoms with Crippen molar-refractivity contribution in [3.8, 4) is 18.1 Å². The maximum atomic E-state index is 12.1. The first-order chi connectivity index (χ1) is 10.6. The maximum Gasteiger partial charge on any atom is 0.133 e. The van der Waals surface area contributed by atoms with E-state index in [2.05, 4.69) is 16.9 Å². The van der Waals surface area contributed by atoms with E-state index >= 15 is 0 Å². The molecule has 1 heterocycles. The first-order valence-corrected chi connectivity index (χ1v) is 8.15. The van der Waals surface area contributed by atoms with E-state index in [0.29, 0.717) is 42.9 Å². The van der Waals surface area contributed by atoms with Crippen molar-refractivity contribution in [2.75, 3.05) is 13.1 Å². The Bertz CT molecular complexity index is 675. The predicted octanol–water partition coefficient (Wildman–Crippen LogP) is 2.26. The van der Waals surface area contributed by atoms with Gasteiger partial charge >= 0.3 is 0 Å². The van der Waals surface area contributed by atoms with E-state index in [0.717, 1.165) is 25.8 Å². The normalized spacial score (nSPS) is 33.7. The SMILES string of the molecule is C#CCN1CC[C@]23CCC(=O)C[C@H]2[C@H]1Cc1ccc(O)cc13. The van der Waals surface area contributed by atoms with Crippen LogP contribution in [-0.4, -0.2) is 34.9 Å². The molecule has 0 spiro atoms. The number of phenolic OH excluding ortho intramolecular Hbond substituents is 1. The molecule has 0 radical (unpaired) electrons. The molecule has 2 bridgehead atoms. The van der Waals surface area contributed by atoms with Gasteiger partial charge < -0.3 is 5.11 Å². The highest BCUT2D eigenvalue weighted by atomic mass is 16.3. The lowest BCUT2D eigenvalue weighted by Crippen LogP contribution is -2.61. The molecule has 1 aromatic carbocycles. The number of fused-ring (bicyclic) bond motifs is 1. The monoisotopic (exact) mass is 295 g/mol. The van der Waals surface area contributed by atoms with Gasteiger partial charge in [-0.05, 0) is 48.4 Å². The van der Waals surface area contributed by atoms with E-state index in [1.807, 2.05) is 6.07 Å². The predicted molar refractivity (Wildman–Crippen MR) is 84.6 cm³/mol. The Morgan fingerprint density at radius 2 is 2.23 bits per heavy atom. The van der Waals surface area contributed by atoms with Crippen LogP contribution in [0.3, 0.4) is 0 Å². The quantitative estimate of drug-likeness (QED) is 0.808. The number of nitrogens with zero attached hydrogens (tertiary/aromatic N) is 1. The smallest absolute Gasteiger partial charge is 0.133 e. The zero-order valence-corrected chi connectivity index (χ0v) is 12.7. The molecule has 3 aliphatic rings. The van der Waals surface area contributed by atoms with Gasteiger partial charge in [-0.3, -0.25) is 9.69 Å². The second kappa shape index (κ2) is 4.86. The van der Waals surface area contributed by atoms with E-state index < -0.39 is 0 Å². The Labute approximate surface area is 131 Å². The molecule has 1 N–H and O–H groups in total. The number of carbonyl (C=O) groups is 1. The number of Topliss-reactive ketones (excluding diaryl/α,β-unsaturated/α-hetero) is 1. The average molecular weight is 295 g/mol. The minimum absolute atomic E-state index is 0.0655. The van der Waals surface area contributed by atoms with Crippen molar-refractivity contribution in [3.63, 3.8) is 0 Å². The highest BCUT2D eigenvalue weighted by Crippen LogP contribution is 2.55. The number of carbonyl (C=O) groups excluding carboxylic acids is 1. The lowest BCUT2D eigenvalue weighted by atomic mass is 9.52. The molecule has 0 amide bonds. The summed E-state index contributed by atoms with van der Waals surface area (Å²) in [4.78, 5) is 14.5. The van der Waals surface area contributed by atoms with E-state index in [1.54, 1.807) is 6.07 Å². The summed E-state index contributed by atoms with van der Waals surface area (Å²) in [5, 5.41) is 9.96. The summed E-state index contributed by atoms with van der Waals surface area (Å²) in [7, 11) is 0. The minimum Gasteiger partial charge on any atom is -0.508 e. The van der Waals surface area contributed by atoms with Crippen molar-refractivity contribution >= 4 is 5.78 Å². The molecule has 1 saturated heterocycles. The second-order valence-electron chi connectivity index (χ2n) is 7.04. The molecular formula is C19H21NO2. The fourth-order valence-corrected chi connectivity index (χ4v) is 5.15. The highest BCUT2D eigenvalue weighted by molar-refractivity contribution is 5.80. The van der Waals surface area contributed by atoms with Crippen LogP contribution in [0.1, 0.15) is 36.8 Å². The number of aromatic hydroxyl groups is 1. The summed E-state index contributed by atoms with van der Waals surface area (Å²) < 4.78 is 0. The van der Waals surface area contributed by atoms with Gasteiger partial charge in [-0.25, -0.2) is 0 Å². The van der Waals surface area contributed by atoms with Crippen molar-refractivity contribution in [1.82, 2.24) is 4.90 Å². The Balaban J connectivity index is 1.85. The lowest BCUT2D eigenvalue weighted by molar-refractivity contribution is -0.127. The topological polar surface area (TPSA) is 40.5 Å². The summed E-state index contributed by atoms with van der Waals surface area (Å²) in [5.41, 5.74) is 2.69. The van der Waals surface area contributed by atoms with Gasteiger partial charge in [0.15, 0.2) is 0 Å². The fraction of sp³-hybridized carbons (Fsp3) is 0.526. The second-order valence-corrected chi connectivity index (χ2v) is 7.04. The highest BCUT2D eigenvalue weighted by Gasteiger charge is 2.55. The fourth-order valence-electron chi connectivity index (χ4n) is 5.15. The third kappa shape index (κ3) is 1.84. The molecule has 0 aromatic heterocycles. The summed E-state index contributed by atoms with van der Waals surface area (Å²) in [5.74, 6) is 3.86. The Kier molecular flexibility index (Phi) is 3.06. The molecule has 4 rings (SSSR count). The van der Waals surface area contributed by atoms with E-state index in [-0.39, 0.29) is 5.41 Å². The van der Waals surface area contributed by atoms with Crippen LogP contribution in [0, 0.1) is 18.3 Å². The molecular weight excluding hydrogens is 274 g/mol. The van der Waals surface area contributed by atoms with Gasteiger partial charge in [0, 0.05) is 30.8 Å². The molecule has 1 aromatic rings. The van der Waals surface area contributed by atoms with Gasteiger partial charge in [0.25, 0.3) is 0 Å². The van der Waals surface area contributed by atoms with Crippen molar-refractivity contribution < 1.29 is 9.90 Å². The molecule has 114 valence electrons. The molecule has 3 heteroatoms. The summed E-state index contributed by atoms with van der Waals surface area (Å²) >= 11 is 0. The van der Waals surface area contributed by atoms with E-state index in [4.69, 9.17) is 6.42 Å². The summed E-state index contributed by atoms with van der Waals surface area (Å²) in [6.07, 6.45) is 9.79. The van der Waals surface area contributed by atoms with Crippen molar-refractivity contribution in [1.29, 1.82) is 0 Å². The van der Waals surface area contributed by atoms with Gasteiger partial charge in [0.1, 0.15) is 11.5 Å². The summed E-state index contributed by atoms with van der Waals surface area (Å²) in [6.45, 7) is 1.66. The number of ketones is 1. The van der Waals surface area contributed by atoms with Crippen LogP contribution in [0.5, 0.6) is 5.75 Å². The van der Waals surface area contributed by atoms with Crippen LogP contribution < -0.4 is 0 Å². The number of piperidine rings is 1. The average Bonchev–Trinajstić information content (AvgIpc) is 2.51. The van der Waals surface area contributed by atoms with Crippen LogP contribution in [-0.2, 0) is 16.6 Å². The number of benzene rings is 1. The Hall–Kier alpha value is -1.79. The Morgan fingerprint density at radius 3 is 3.05 bits per heavy atom. The molecule has 0 unspecified atom stereocenters. The van der Waals surface area contributed by atoms with Gasteiger partial charge in [-0.2, -0.15) is 0 Å². The van der Waals surface area contributed by atoms with Gasteiger partial charge in [-0.15, -0.1) is 6.42 Å². The molecule has 2 aliphatic carbocycles. The molecule has 2 fully saturated rings. The van der Waals surface area contributed by atoms with Crippen molar-refractivity contribution in [2.45, 2.75) is 43.6 Å². The third-order valence-electron chi connectivity index (χ3n) is 6.14. The van der Waals surface area contributed by atoms with Gasteiger partial charge in [-0.1, -0.05) is 12.0 Å². The minimum atomic E-state index is 0.0655. The van der Waals surface area contributed by atoms with E-state index in [1.165, 1.54) is 11.1 Å². The molecule has 3 atom stereocenters. The van der Waals surface area contributed by atoms with E-state index in [9.17, 15) is 9.90 Å². The lowest BCUT2D eigenvalue weighted by Gasteiger charge is -2.58. The molecule has 1 saturated carbocycles. The van der Waals surface area contributed by atoms with Crippen LogP contribution in [0.15, 0.2) is 18.2 Å². The maximum absolute atomic E-state index is 12.1. The van der Waals surface area contributed by atoms with Gasteiger partial charge in [0.2, 0.25) is 0 Å². The number of likely N-dealkylation sites (tertiary alicyclic amines) is 1. The van der Waals surface area contributed by atoms with Crippen LogP contribution in [0.2, 0.25) is 0 Å². The van der Waals surface area contributed by atoms with Crippen molar-refractivity contribution in [2.24, 2.45) is 5.92 Å². The molecule has 1 aliphatic heterocycles. The molecule has 3 nitrogen and oxygen atoms in total. The largest absolute Gasteiger partial charge is 0.508 e. The molecule has 22 heavy (non-hydrogen) atoms. The first-order valence-electron chi connectivity index (χ1n) is 8.15. The van der Waals surface area contributed by atoms with Crippen LogP contribution >= 0.6 is 0 Å². The number of hydrogen-bond acceptors (Lipinski definition) is 3. The zero-order valence-electron chi connectivity index (χ0n) is 12.7.